The number of rotatable bonds is 9. The van der Waals surface area contributed by atoms with Crippen LogP contribution in [0.3, 0.4) is 0 Å². The standard InChI is InChI=1S/C28H23BrCl2N2O5S/c1-3-33-26(34)24(39-28(33)32-19-7-5-6-18(14-19)27(35)36)13-17-10-20(29)25(23(12-17)37-4-2)38-15-16-8-9-21(30)22(31)11-16/h5-14H,3-4,15H2,1-2H3,(H,35,36). The van der Waals surface area contributed by atoms with Crippen LogP contribution in [0.2, 0.25) is 10.0 Å². The number of nitrogens with zero attached hydrogens (tertiary/aromatic N) is 2. The second kappa shape index (κ2) is 12.9. The van der Waals surface area contributed by atoms with Crippen LogP contribution in [0.1, 0.15) is 35.3 Å². The van der Waals surface area contributed by atoms with Gasteiger partial charge in [0, 0.05) is 6.54 Å². The average Bonchev–Trinajstić information content (AvgIpc) is 3.19. The van der Waals surface area contributed by atoms with Gasteiger partial charge in [0.05, 0.1) is 37.3 Å². The third-order valence-corrected chi connectivity index (χ3v) is 7.85. The van der Waals surface area contributed by atoms with Gasteiger partial charge in [-0.1, -0.05) is 35.3 Å². The summed E-state index contributed by atoms with van der Waals surface area (Å²) in [6.07, 6.45) is 1.77. The molecule has 4 rings (SSSR count). The van der Waals surface area contributed by atoms with E-state index >= 15 is 0 Å². The number of thioether (sulfide) groups is 1. The van der Waals surface area contributed by atoms with Gasteiger partial charge in [0.15, 0.2) is 16.7 Å². The minimum Gasteiger partial charge on any atom is -0.490 e. The van der Waals surface area contributed by atoms with Crippen molar-refractivity contribution in [1.82, 2.24) is 4.90 Å². The number of benzene rings is 3. The highest BCUT2D eigenvalue weighted by molar-refractivity contribution is 9.10. The number of halogens is 3. The zero-order chi connectivity index (χ0) is 28.1. The summed E-state index contributed by atoms with van der Waals surface area (Å²) in [7, 11) is 0. The molecule has 0 aliphatic carbocycles. The number of amidine groups is 1. The lowest BCUT2D eigenvalue weighted by Crippen LogP contribution is -2.28. The van der Waals surface area contributed by atoms with Crippen LogP contribution in [-0.2, 0) is 11.4 Å². The summed E-state index contributed by atoms with van der Waals surface area (Å²) in [6, 6.07) is 15.2. The lowest BCUT2D eigenvalue weighted by molar-refractivity contribution is -0.122. The Morgan fingerprint density at radius 3 is 2.59 bits per heavy atom. The molecule has 0 radical (unpaired) electrons. The maximum absolute atomic E-state index is 13.2. The molecular formula is C28H23BrCl2N2O5S. The second-order valence-electron chi connectivity index (χ2n) is 8.21. The van der Waals surface area contributed by atoms with Gasteiger partial charge in [0.2, 0.25) is 0 Å². The molecule has 0 saturated carbocycles. The molecule has 0 unspecified atom stereocenters. The van der Waals surface area contributed by atoms with E-state index < -0.39 is 5.97 Å². The van der Waals surface area contributed by atoms with E-state index in [1.54, 1.807) is 41.3 Å². The number of hydrogen-bond donors (Lipinski definition) is 1. The molecule has 1 aliphatic rings. The van der Waals surface area contributed by atoms with Crippen LogP contribution in [0.5, 0.6) is 11.5 Å². The summed E-state index contributed by atoms with van der Waals surface area (Å²) >= 11 is 16.9. The lowest BCUT2D eigenvalue weighted by Gasteiger charge is -2.15. The summed E-state index contributed by atoms with van der Waals surface area (Å²) in [5.74, 6) is -0.197. The smallest absolute Gasteiger partial charge is 0.335 e. The van der Waals surface area contributed by atoms with E-state index in [2.05, 4.69) is 20.9 Å². The molecule has 7 nitrogen and oxygen atoms in total. The summed E-state index contributed by atoms with van der Waals surface area (Å²) in [6.45, 7) is 4.81. The molecule has 1 heterocycles. The van der Waals surface area contributed by atoms with Crippen molar-refractivity contribution < 1.29 is 24.2 Å². The minimum absolute atomic E-state index is 0.125. The number of hydrogen-bond acceptors (Lipinski definition) is 6. The van der Waals surface area contributed by atoms with E-state index in [0.29, 0.717) is 54.9 Å². The minimum atomic E-state index is -1.04. The van der Waals surface area contributed by atoms with E-state index in [0.717, 1.165) is 11.1 Å². The van der Waals surface area contributed by atoms with Gasteiger partial charge in [-0.3, -0.25) is 9.69 Å². The predicted molar refractivity (Wildman–Crippen MR) is 160 cm³/mol. The molecule has 11 heteroatoms. The van der Waals surface area contributed by atoms with Crippen molar-refractivity contribution in [3.63, 3.8) is 0 Å². The summed E-state index contributed by atoms with van der Waals surface area (Å²) in [4.78, 5) is 31.1. The van der Waals surface area contributed by atoms with Crippen molar-refractivity contribution >= 4 is 79.7 Å². The molecule has 202 valence electrons. The molecule has 1 saturated heterocycles. The Morgan fingerprint density at radius 2 is 1.90 bits per heavy atom. The summed E-state index contributed by atoms with van der Waals surface area (Å²) < 4.78 is 12.6. The molecule has 1 fully saturated rings. The van der Waals surface area contributed by atoms with Gasteiger partial charge < -0.3 is 14.6 Å². The Labute approximate surface area is 248 Å². The average molecular weight is 650 g/mol. The number of carbonyl (C=O) groups is 2. The third kappa shape index (κ3) is 6.97. The van der Waals surface area contributed by atoms with Crippen molar-refractivity contribution in [3.05, 3.63) is 90.7 Å². The van der Waals surface area contributed by atoms with Gasteiger partial charge in [-0.25, -0.2) is 9.79 Å². The number of ether oxygens (including phenoxy) is 2. The fraction of sp³-hybridized carbons (Fsp3) is 0.179. The number of likely N-dealkylation sites (N-methyl/N-ethyl adjacent to an activating group) is 1. The Kier molecular flexibility index (Phi) is 9.61. The Morgan fingerprint density at radius 1 is 1.10 bits per heavy atom. The Hall–Kier alpha value is -2.98. The van der Waals surface area contributed by atoms with Crippen LogP contribution in [0.25, 0.3) is 6.08 Å². The number of aliphatic imine (C=N–C) groups is 1. The molecule has 3 aromatic rings. The first-order chi connectivity index (χ1) is 18.7. The molecule has 1 aliphatic heterocycles. The van der Waals surface area contributed by atoms with Gasteiger partial charge in [-0.15, -0.1) is 0 Å². The van der Waals surface area contributed by atoms with Gasteiger partial charge in [0.1, 0.15) is 6.61 Å². The zero-order valence-electron chi connectivity index (χ0n) is 20.9. The Balaban J connectivity index is 1.61. The normalized spacial score (nSPS) is 15.3. The van der Waals surface area contributed by atoms with E-state index in [4.69, 9.17) is 32.7 Å². The van der Waals surface area contributed by atoms with Crippen LogP contribution in [0.4, 0.5) is 5.69 Å². The quantitative estimate of drug-likeness (QED) is 0.236. The molecule has 0 bridgehead atoms. The summed E-state index contributed by atoms with van der Waals surface area (Å²) in [5, 5.41) is 10.7. The van der Waals surface area contributed by atoms with E-state index in [1.165, 1.54) is 23.9 Å². The second-order valence-corrected chi connectivity index (χ2v) is 10.9. The largest absolute Gasteiger partial charge is 0.490 e. The lowest BCUT2D eigenvalue weighted by atomic mass is 10.1. The van der Waals surface area contributed by atoms with Gasteiger partial charge in [-0.05, 0) is 101 Å². The van der Waals surface area contributed by atoms with Crippen molar-refractivity contribution in [2.75, 3.05) is 13.2 Å². The van der Waals surface area contributed by atoms with E-state index in [1.807, 2.05) is 26.0 Å². The van der Waals surface area contributed by atoms with Crippen LogP contribution < -0.4 is 9.47 Å². The molecule has 1 N–H and O–H groups in total. The van der Waals surface area contributed by atoms with E-state index in [9.17, 15) is 14.7 Å². The Bertz CT molecular complexity index is 1490. The highest BCUT2D eigenvalue weighted by Crippen LogP contribution is 2.40. The molecule has 0 spiro atoms. The molecule has 3 aromatic carbocycles. The van der Waals surface area contributed by atoms with Crippen molar-refractivity contribution in [1.29, 1.82) is 0 Å². The topological polar surface area (TPSA) is 88.4 Å². The van der Waals surface area contributed by atoms with Gasteiger partial charge >= 0.3 is 5.97 Å². The monoisotopic (exact) mass is 648 g/mol. The number of amides is 1. The maximum atomic E-state index is 13.2. The fourth-order valence-corrected chi connectivity index (χ4v) is 5.66. The highest BCUT2D eigenvalue weighted by Gasteiger charge is 2.32. The highest BCUT2D eigenvalue weighted by atomic mass is 79.9. The number of carbonyl (C=O) groups excluding carboxylic acids is 1. The maximum Gasteiger partial charge on any atom is 0.335 e. The SMILES string of the molecule is CCOc1cc(C=C2SC(=Nc3cccc(C(=O)O)c3)N(CC)C2=O)cc(Br)c1OCc1ccc(Cl)c(Cl)c1. The predicted octanol–water partition coefficient (Wildman–Crippen LogP) is 8.06. The molecule has 0 aromatic heterocycles. The fourth-order valence-electron chi connectivity index (χ4n) is 3.70. The van der Waals surface area contributed by atoms with E-state index in [-0.39, 0.29) is 18.1 Å². The molecule has 1 amide bonds. The van der Waals surface area contributed by atoms with Crippen LogP contribution in [-0.4, -0.2) is 40.2 Å². The first-order valence-corrected chi connectivity index (χ1v) is 14.2. The van der Waals surface area contributed by atoms with Crippen molar-refractivity contribution in [3.8, 4) is 11.5 Å². The number of aromatic carboxylic acids is 1. The number of carboxylic acids is 1. The first-order valence-electron chi connectivity index (χ1n) is 11.9. The van der Waals surface area contributed by atoms with Crippen LogP contribution in [0.15, 0.2) is 69.0 Å². The van der Waals surface area contributed by atoms with Crippen molar-refractivity contribution in [2.45, 2.75) is 20.5 Å². The first kappa shape index (κ1) is 29.0. The van der Waals surface area contributed by atoms with Crippen molar-refractivity contribution in [2.24, 2.45) is 4.99 Å². The molecule has 0 atom stereocenters. The van der Waals surface area contributed by atoms with Gasteiger partial charge in [0.25, 0.3) is 5.91 Å². The molecular weight excluding hydrogens is 627 g/mol. The third-order valence-electron chi connectivity index (χ3n) is 5.52. The van der Waals surface area contributed by atoms with Crippen LogP contribution in [0, 0.1) is 0 Å². The molecule has 39 heavy (non-hydrogen) atoms. The van der Waals surface area contributed by atoms with Gasteiger partial charge in [-0.2, -0.15) is 0 Å². The van der Waals surface area contributed by atoms with Crippen LogP contribution >= 0.6 is 50.9 Å². The number of carboxylic acid groups (broad SMARTS) is 1. The summed E-state index contributed by atoms with van der Waals surface area (Å²) in [5.41, 5.74) is 2.15. The zero-order valence-corrected chi connectivity index (χ0v) is 24.8.